The van der Waals surface area contributed by atoms with Crippen molar-refractivity contribution in [2.75, 3.05) is 7.11 Å². The van der Waals surface area contributed by atoms with Gasteiger partial charge in [-0.15, -0.1) is 0 Å². The maximum Gasteiger partial charge on any atom is 0.241 e. The van der Waals surface area contributed by atoms with Crippen LogP contribution in [0.2, 0.25) is 0 Å². The predicted octanol–water partition coefficient (Wildman–Crippen LogP) is 4.78. The number of aryl methyl sites for hydroxylation is 3. The molecule has 1 unspecified atom stereocenters. The number of sulfonamides is 1. The molecule has 142 valence electrons. The highest BCUT2D eigenvalue weighted by atomic mass is 32.2. The van der Waals surface area contributed by atoms with E-state index in [1.54, 1.807) is 25.3 Å². The van der Waals surface area contributed by atoms with Gasteiger partial charge in [-0.05, 0) is 79.6 Å². The van der Waals surface area contributed by atoms with Gasteiger partial charge in [0.25, 0.3) is 0 Å². The van der Waals surface area contributed by atoms with E-state index in [2.05, 4.69) is 23.8 Å². The number of rotatable bonds is 6. The molecule has 0 aliphatic rings. The fourth-order valence-corrected chi connectivity index (χ4v) is 4.40. The molecule has 5 heteroatoms. The van der Waals surface area contributed by atoms with Gasteiger partial charge in [-0.3, -0.25) is 0 Å². The fraction of sp³-hybridized carbons (Fsp3) is 0.429. The molecule has 0 saturated heterocycles. The monoisotopic (exact) mass is 375 g/mol. The molecule has 2 aromatic carbocycles. The van der Waals surface area contributed by atoms with Gasteiger partial charge >= 0.3 is 0 Å². The number of methoxy groups -OCH3 is 1. The van der Waals surface area contributed by atoms with Crippen LogP contribution in [0.25, 0.3) is 0 Å². The zero-order chi connectivity index (χ0) is 19.6. The van der Waals surface area contributed by atoms with E-state index in [9.17, 15) is 8.42 Å². The standard InChI is InChI=1S/C21H29NO3S/c1-13(2)19-12-18(8-9-21(19)25-7)26(23,24)22-17(6)20-11-15(4)14(3)10-16(20)5/h8-13,17,22H,1-7H3. The molecular formula is C21H29NO3S. The first-order valence-electron chi connectivity index (χ1n) is 8.84. The molecule has 0 aliphatic heterocycles. The van der Waals surface area contributed by atoms with Gasteiger partial charge in [-0.1, -0.05) is 26.0 Å². The lowest BCUT2D eigenvalue weighted by atomic mass is 9.97. The molecular weight excluding hydrogens is 346 g/mol. The third-order valence-electron chi connectivity index (χ3n) is 4.81. The van der Waals surface area contributed by atoms with Crippen molar-refractivity contribution in [1.82, 2.24) is 4.72 Å². The van der Waals surface area contributed by atoms with E-state index in [4.69, 9.17) is 4.74 Å². The van der Waals surface area contributed by atoms with Crippen molar-refractivity contribution in [3.8, 4) is 5.75 Å². The van der Waals surface area contributed by atoms with E-state index in [0.29, 0.717) is 5.75 Å². The Bertz CT molecular complexity index is 902. The minimum Gasteiger partial charge on any atom is -0.496 e. The zero-order valence-electron chi connectivity index (χ0n) is 16.7. The second-order valence-corrected chi connectivity index (χ2v) is 8.91. The summed E-state index contributed by atoms with van der Waals surface area (Å²) in [6.07, 6.45) is 0. The molecule has 0 aliphatic carbocycles. The Kier molecular flexibility index (Phi) is 6.14. The molecule has 0 spiro atoms. The summed E-state index contributed by atoms with van der Waals surface area (Å²) in [6, 6.07) is 8.85. The van der Waals surface area contributed by atoms with Crippen molar-refractivity contribution in [1.29, 1.82) is 0 Å². The van der Waals surface area contributed by atoms with Crippen molar-refractivity contribution in [2.24, 2.45) is 0 Å². The number of benzene rings is 2. The summed E-state index contributed by atoms with van der Waals surface area (Å²) in [4.78, 5) is 0.260. The minimum atomic E-state index is -3.63. The summed E-state index contributed by atoms with van der Waals surface area (Å²) in [5.41, 5.74) is 5.32. The third kappa shape index (κ3) is 4.27. The van der Waals surface area contributed by atoms with Crippen molar-refractivity contribution in [3.63, 3.8) is 0 Å². The number of ether oxygens (including phenoxy) is 1. The highest BCUT2D eigenvalue weighted by molar-refractivity contribution is 7.89. The second kappa shape index (κ2) is 7.80. The van der Waals surface area contributed by atoms with Crippen LogP contribution in [0.1, 0.15) is 60.5 Å². The van der Waals surface area contributed by atoms with Crippen LogP contribution >= 0.6 is 0 Å². The number of hydrogen-bond donors (Lipinski definition) is 1. The molecule has 0 bridgehead atoms. The van der Waals surface area contributed by atoms with E-state index >= 15 is 0 Å². The van der Waals surface area contributed by atoms with Crippen LogP contribution in [0.4, 0.5) is 0 Å². The van der Waals surface area contributed by atoms with Crippen LogP contribution in [0, 0.1) is 20.8 Å². The first-order chi connectivity index (χ1) is 12.1. The maximum absolute atomic E-state index is 12.9. The summed E-state index contributed by atoms with van der Waals surface area (Å²) in [5, 5.41) is 0. The highest BCUT2D eigenvalue weighted by Crippen LogP contribution is 2.30. The van der Waals surface area contributed by atoms with Crippen molar-refractivity contribution in [2.45, 2.75) is 58.4 Å². The van der Waals surface area contributed by atoms with E-state index in [1.807, 2.05) is 34.6 Å². The van der Waals surface area contributed by atoms with Crippen molar-refractivity contribution in [3.05, 3.63) is 58.1 Å². The molecule has 2 aromatic rings. The van der Waals surface area contributed by atoms with Crippen LogP contribution in [0.15, 0.2) is 35.2 Å². The van der Waals surface area contributed by atoms with Gasteiger partial charge in [0.1, 0.15) is 5.75 Å². The SMILES string of the molecule is COc1ccc(S(=O)(=O)NC(C)c2cc(C)c(C)cc2C)cc1C(C)C. The Morgan fingerprint density at radius 2 is 1.50 bits per heavy atom. The quantitative estimate of drug-likeness (QED) is 0.790. The predicted molar refractivity (Wildman–Crippen MR) is 106 cm³/mol. The van der Waals surface area contributed by atoms with Crippen LogP contribution in [0.3, 0.4) is 0 Å². The van der Waals surface area contributed by atoms with E-state index in [1.165, 1.54) is 5.56 Å². The average molecular weight is 376 g/mol. The summed E-state index contributed by atoms with van der Waals surface area (Å²) >= 11 is 0. The summed E-state index contributed by atoms with van der Waals surface area (Å²) in [5.74, 6) is 0.872. The fourth-order valence-electron chi connectivity index (χ4n) is 3.14. The Hall–Kier alpha value is -1.85. The van der Waals surface area contributed by atoms with Crippen LogP contribution in [-0.4, -0.2) is 15.5 Å². The first kappa shape index (κ1) is 20.5. The largest absolute Gasteiger partial charge is 0.496 e. The molecule has 1 N–H and O–H groups in total. The van der Waals surface area contributed by atoms with Gasteiger partial charge in [0.2, 0.25) is 10.0 Å². The Labute approximate surface area is 157 Å². The summed E-state index contributed by atoms with van der Waals surface area (Å²) in [6.45, 7) is 12.0. The maximum atomic E-state index is 12.9. The topological polar surface area (TPSA) is 55.4 Å². The van der Waals surface area contributed by atoms with E-state index < -0.39 is 10.0 Å². The minimum absolute atomic E-state index is 0.166. The summed E-state index contributed by atoms with van der Waals surface area (Å²) in [7, 11) is -2.04. The van der Waals surface area contributed by atoms with Gasteiger partial charge in [0, 0.05) is 6.04 Å². The molecule has 26 heavy (non-hydrogen) atoms. The third-order valence-corrected chi connectivity index (χ3v) is 6.35. The molecule has 1 atom stereocenters. The first-order valence-corrected chi connectivity index (χ1v) is 10.3. The Balaban J connectivity index is 2.37. The smallest absolute Gasteiger partial charge is 0.241 e. The number of nitrogens with one attached hydrogen (secondary N) is 1. The summed E-state index contributed by atoms with van der Waals surface area (Å²) < 4.78 is 34.0. The number of hydrogen-bond acceptors (Lipinski definition) is 3. The van der Waals surface area contributed by atoms with Crippen LogP contribution in [-0.2, 0) is 10.0 Å². The Morgan fingerprint density at radius 1 is 0.885 bits per heavy atom. The normalized spacial score (nSPS) is 13.1. The van der Waals surface area contributed by atoms with E-state index in [0.717, 1.165) is 22.3 Å². The van der Waals surface area contributed by atoms with Gasteiger partial charge in [0.05, 0.1) is 12.0 Å². The molecule has 0 radical (unpaired) electrons. The molecule has 0 fully saturated rings. The van der Waals surface area contributed by atoms with Crippen molar-refractivity contribution >= 4 is 10.0 Å². The lowest BCUT2D eigenvalue weighted by Crippen LogP contribution is -2.27. The van der Waals surface area contributed by atoms with Gasteiger partial charge in [-0.2, -0.15) is 0 Å². The van der Waals surface area contributed by atoms with Crippen LogP contribution < -0.4 is 9.46 Å². The highest BCUT2D eigenvalue weighted by Gasteiger charge is 2.22. The van der Waals surface area contributed by atoms with Crippen molar-refractivity contribution < 1.29 is 13.2 Å². The molecule has 0 amide bonds. The molecule has 0 heterocycles. The van der Waals surface area contributed by atoms with Crippen LogP contribution in [0.5, 0.6) is 5.75 Å². The lowest BCUT2D eigenvalue weighted by molar-refractivity contribution is 0.407. The van der Waals surface area contributed by atoms with Gasteiger partial charge < -0.3 is 4.74 Å². The van der Waals surface area contributed by atoms with E-state index in [-0.39, 0.29) is 16.9 Å². The molecule has 2 rings (SSSR count). The zero-order valence-corrected chi connectivity index (χ0v) is 17.5. The van der Waals surface area contributed by atoms with Gasteiger partial charge in [0.15, 0.2) is 0 Å². The molecule has 4 nitrogen and oxygen atoms in total. The lowest BCUT2D eigenvalue weighted by Gasteiger charge is -2.19. The second-order valence-electron chi connectivity index (χ2n) is 7.19. The molecule has 0 aromatic heterocycles. The Morgan fingerprint density at radius 3 is 2.08 bits per heavy atom. The average Bonchev–Trinajstić information content (AvgIpc) is 2.56. The van der Waals surface area contributed by atoms with Gasteiger partial charge in [-0.25, -0.2) is 13.1 Å². The molecule has 0 saturated carbocycles.